The largest absolute Gasteiger partial charge is 0.460 e. The number of hydrogen-bond donors (Lipinski definition) is 1. The molecule has 7 heteroatoms. The molecule has 34 heavy (non-hydrogen) atoms. The highest BCUT2D eigenvalue weighted by molar-refractivity contribution is 5.95. The maximum absolute atomic E-state index is 14.2. The molecule has 0 atom stereocenters. The highest BCUT2D eigenvalue weighted by Crippen LogP contribution is 2.27. The maximum Gasteiger partial charge on any atom is 0.222 e. The summed E-state index contributed by atoms with van der Waals surface area (Å²) in [5.74, 6) is 0.760. The molecule has 0 spiro atoms. The molecule has 6 nitrogen and oxygen atoms in total. The quantitative estimate of drug-likeness (QED) is 0.314. The van der Waals surface area contributed by atoms with Crippen LogP contribution >= 0.6 is 0 Å². The second kappa shape index (κ2) is 9.70. The van der Waals surface area contributed by atoms with Crippen molar-refractivity contribution in [3.8, 4) is 0 Å². The van der Waals surface area contributed by atoms with E-state index in [2.05, 4.69) is 21.6 Å². The Labute approximate surface area is 197 Å². The molecule has 3 aromatic heterocycles. The number of halogens is 1. The zero-order valence-corrected chi connectivity index (χ0v) is 19.4. The number of fused-ring (bicyclic) bond motifs is 4. The van der Waals surface area contributed by atoms with Crippen molar-refractivity contribution in [1.82, 2.24) is 19.6 Å². The first-order valence-corrected chi connectivity index (χ1v) is 11.1. The summed E-state index contributed by atoms with van der Waals surface area (Å²) in [7, 11) is 0. The number of ether oxygens (including phenoxy) is 1. The topological polar surface area (TPSA) is 78.3 Å². The van der Waals surface area contributed by atoms with Gasteiger partial charge in [-0.3, -0.25) is 4.98 Å². The lowest BCUT2D eigenvalue weighted by molar-refractivity contribution is 0.371. The Balaban J connectivity index is 0.00000133. The van der Waals surface area contributed by atoms with Crippen LogP contribution in [-0.2, 0) is 11.2 Å². The van der Waals surface area contributed by atoms with Crippen molar-refractivity contribution in [2.75, 3.05) is 5.73 Å². The van der Waals surface area contributed by atoms with Gasteiger partial charge in [-0.15, -0.1) is 0 Å². The van der Waals surface area contributed by atoms with Crippen molar-refractivity contribution >= 4 is 39.0 Å². The van der Waals surface area contributed by atoms with Crippen molar-refractivity contribution in [3.63, 3.8) is 0 Å². The Hall–Kier alpha value is -4.26. The summed E-state index contributed by atoms with van der Waals surface area (Å²) in [6.45, 7) is 9.92. The number of nitrogens with zero attached hydrogens (tertiary/aromatic N) is 4. The van der Waals surface area contributed by atoms with Crippen LogP contribution in [0.1, 0.15) is 32.0 Å². The summed E-state index contributed by atoms with van der Waals surface area (Å²) in [6, 6.07) is 16.6. The van der Waals surface area contributed by atoms with Gasteiger partial charge in [0.05, 0.1) is 11.0 Å². The molecule has 0 amide bonds. The van der Waals surface area contributed by atoms with Crippen LogP contribution in [0.4, 0.5) is 10.3 Å². The minimum Gasteiger partial charge on any atom is -0.460 e. The van der Waals surface area contributed by atoms with Gasteiger partial charge in [0.1, 0.15) is 28.5 Å². The van der Waals surface area contributed by atoms with E-state index in [-0.39, 0.29) is 11.5 Å². The summed E-state index contributed by atoms with van der Waals surface area (Å²) in [4.78, 5) is 8.56. The van der Waals surface area contributed by atoms with E-state index in [0.29, 0.717) is 34.5 Å². The number of nitrogen functional groups attached to an aromatic ring is 1. The van der Waals surface area contributed by atoms with Gasteiger partial charge in [0.2, 0.25) is 5.95 Å². The van der Waals surface area contributed by atoms with Gasteiger partial charge >= 0.3 is 0 Å². The smallest absolute Gasteiger partial charge is 0.222 e. The average molecular weight is 456 g/mol. The fraction of sp³-hybridized carbons (Fsp3) is 0.148. The van der Waals surface area contributed by atoms with Crippen molar-refractivity contribution in [2.45, 2.75) is 27.2 Å². The molecule has 0 aliphatic heterocycles. The number of nitrogens with two attached hydrogens (primary N) is 1. The molecule has 0 aliphatic carbocycles. The monoisotopic (exact) mass is 455 g/mol. The minimum absolute atomic E-state index is 0.0989. The first-order chi connectivity index (χ1) is 16.5. The fourth-order valence-electron chi connectivity index (χ4n) is 3.77. The van der Waals surface area contributed by atoms with Gasteiger partial charge in [0.15, 0.2) is 0 Å². The molecule has 172 valence electrons. The van der Waals surface area contributed by atoms with Gasteiger partial charge in [-0.05, 0) is 42.8 Å². The molecule has 0 aliphatic rings. The van der Waals surface area contributed by atoms with Crippen molar-refractivity contribution < 1.29 is 9.13 Å². The van der Waals surface area contributed by atoms with Crippen LogP contribution in [0.15, 0.2) is 79.2 Å². The highest BCUT2D eigenvalue weighted by atomic mass is 19.1. The zero-order chi connectivity index (χ0) is 24.2. The normalized spacial score (nSPS) is 11.5. The second-order valence-electron chi connectivity index (χ2n) is 7.43. The lowest BCUT2D eigenvalue weighted by Crippen LogP contribution is -2.03. The number of anilines is 1. The lowest BCUT2D eigenvalue weighted by atomic mass is 10.1. The number of rotatable bonds is 5. The average Bonchev–Trinajstić information content (AvgIpc) is 3.31. The third kappa shape index (κ3) is 4.32. The molecule has 5 aromatic rings. The molecule has 2 N–H and O–H groups in total. The van der Waals surface area contributed by atoms with E-state index in [4.69, 9.17) is 10.5 Å². The van der Waals surface area contributed by atoms with Gasteiger partial charge in [0.25, 0.3) is 0 Å². The predicted molar refractivity (Wildman–Crippen MR) is 136 cm³/mol. The van der Waals surface area contributed by atoms with Crippen LogP contribution in [0.3, 0.4) is 0 Å². The third-order valence-electron chi connectivity index (χ3n) is 5.26. The Bertz CT molecular complexity index is 1540. The molecule has 3 heterocycles. The van der Waals surface area contributed by atoms with Gasteiger partial charge < -0.3 is 10.5 Å². The molecule has 2 aromatic carbocycles. The molecule has 0 bridgehead atoms. The molecular weight excluding hydrogens is 429 g/mol. The first kappa shape index (κ1) is 22.9. The number of allylic oxidation sites excluding steroid dienone is 2. The van der Waals surface area contributed by atoms with E-state index < -0.39 is 5.82 Å². The molecule has 0 saturated heterocycles. The molecule has 0 radical (unpaired) electrons. The van der Waals surface area contributed by atoms with Gasteiger partial charge in [-0.2, -0.15) is 9.61 Å². The van der Waals surface area contributed by atoms with Gasteiger partial charge in [-0.1, -0.05) is 50.8 Å². The molecule has 0 saturated carbocycles. The lowest BCUT2D eigenvalue weighted by Gasteiger charge is -2.11. The number of aromatic nitrogens is 4. The summed E-state index contributed by atoms with van der Waals surface area (Å²) in [5, 5.41) is 6.23. The molecule has 0 fully saturated rings. The summed E-state index contributed by atoms with van der Waals surface area (Å²) < 4.78 is 21.7. The number of pyridine rings is 1. The molecule has 5 rings (SSSR count). The van der Waals surface area contributed by atoms with Crippen molar-refractivity contribution in [2.24, 2.45) is 0 Å². The highest BCUT2D eigenvalue weighted by Gasteiger charge is 2.16. The van der Waals surface area contributed by atoms with Crippen LogP contribution in [0, 0.1) is 5.82 Å². The van der Waals surface area contributed by atoms with E-state index in [9.17, 15) is 4.39 Å². The Morgan fingerprint density at radius 1 is 1.15 bits per heavy atom. The molecule has 0 unspecified atom stereocenters. The summed E-state index contributed by atoms with van der Waals surface area (Å²) >= 11 is 0. The maximum atomic E-state index is 14.2. The number of hydrogen-bond acceptors (Lipinski definition) is 5. The SMILES string of the molecule is C=C(Cc1ccc2cccnc2c1)O/C(=C\C)c1cc2c3cccc(F)c3nc(N)n2n1.CC. The van der Waals surface area contributed by atoms with Crippen LogP contribution in [-0.4, -0.2) is 19.6 Å². The summed E-state index contributed by atoms with van der Waals surface area (Å²) in [6.07, 6.45) is 4.10. The van der Waals surface area contributed by atoms with Crippen LogP contribution < -0.4 is 5.73 Å². The standard InChI is InChI=1S/C25H20FN5O.C2H6/c1-3-23(32-15(2)12-16-9-10-17-6-5-11-28-20(17)13-16)21-14-22-18-7-4-8-19(26)24(18)29-25(27)31(22)30-21;1-2/h3-11,13-14H,2,12H2,1H3,(H2,27,29);1-2H3/b23-3-;. The van der Waals surface area contributed by atoms with Crippen LogP contribution in [0.5, 0.6) is 0 Å². The minimum atomic E-state index is -0.430. The van der Waals surface area contributed by atoms with Crippen molar-refractivity contribution in [3.05, 3.63) is 96.3 Å². The van der Waals surface area contributed by atoms with Crippen LogP contribution in [0.2, 0.25) is 0 Å². The van der Waals surface area contributed by atoms with E-state index in [0.717, 1.165) is 16.5 Å². The first-order valence-electron chi connectivity index (χ1n) is 11.1. The zero-order valence-electron chi connectivity index (χ0n) is 19.4. The Kier molecular flexibility index (Phi) is 6.54. The Morgan fingerprint density at radius 3 is 2.76 bits per heavy atom. The molecular formula is C27H26FN5O. The van der Waals surface area contributed by atoms with Crippen LogP contribution in [0.25, 0.3) is 33.1 Å². The van der Waals surface area contributed by atoms with E-state index in [1.165, 1.54) is 10.6 Å². The van der Waals surface area contributed by atoms with Gasteiger partial charge in [-0.25, -0.2) is 9.37 Å². The number of benzene rings is 2. The summed E-state index contributed by atoms with van der Waals surface area (Å²) in [5.41, 5.74) is 9.41. The number of para-hydroxylation sites is 1. The van der Waals surface area contributed by atoms with Crippen molar-refractivity contribution in [1.29, 1.82) is 0 Å². The fourth-order valence-corrected chi connectivity index (χ4v) is 3.77. The third-order valence-corrected chi connectivity index (χ3v) is 5.26. The van der Waals surface area contributed by atoms with E-state index in [1.54, 1.807) is 24.4 Å². The van der Waals surface area contributed by atoms with Gasteiger partial charge in [0, 0.05) is 23.4 Å². The predicted octanol–water partition coefficient (Wildman–Crippen LogP) is 6.31. The second-order valence-corrected chi connectivity index (χ2v) is 7.43. The van der Waals surface area contributed by atoms with E-state index in [1.807, 2.05) is 57.2 Å². The Morgan fingerprint density at radius 2 is 1.97 bits per heavy atom. The van der Waals surface area contributed by atoms with E-state index >= 15 is 0 Å².